The Morgan fingerprint density at radius 2 is 0.960 bits per heavy atom. The molecule has 16 nitrogen and oxygen atoms in total. The van der Waals surface area contributed by atoms with E-state index in [1.165, 1.54) is 48.5 Å². The third kappa shape index (κ3) is 13.6. The fourth-order valence-corrected chi connectivity index (χ4v) is 9.74. The van der Waals surface area contributed by atoms with Gasteiger partial charge in [-0.1, -0.05) is 157 Å². The van der Waals surface area contributed by atoms with Gasteiger partial charge in [-0.2, -0.15) is 0 Å². The van der Waals surface area contributed by atoms with Crippen molar-refractivity contribution in [1.82, 2.24) is 4.98 Å². The van der Waals surface area contributed by atoms with Gasteiger partial charge in [0.1, 0.15) is 42.8 Å². The van der Waals surface area contributed by atoms with Crippen LogP contribution in [0.15, 0.2) is 205 Å². The van der Waals surface area contributed by atoms with Crippen molar-refractivity contribution in [2.75, 3.05) is 6.61 Å². The highest BCUT2D eigenvalue weighted by atomic mass is 32.2. The van der Waals surface area contributed by atoms with Gasteiger partial charge in [-0.05, 0) is 59.2 Å². The molecule has 17 heteroatoms. The number of esters is 3. The number of aliphatic hydroxyl groups is 1. The van der Waals surface area contributed by atoms with Gasteiger partial charge >= 0.3 is 17.9 Å². The molecule has 9 rings (SSSR count). The second-order valence-electron chi connectivity index (χ2n) is 17.6. The van der Waals surface area contributed by atoms with Gasteiger partial charge in [0.25, 0.3) is 5.69 Å². The summed E-state index contributed by atoms with van der Waals surface area (Å²) in [5.41, 5.74) is 1.20. The van der Waals surface area contributed by atoms with Crippen LogP contribution in [-0.4, -0.2) is 99.9 Å². The minimum absolute atomic E-state index is 0.0141. The molecule has 0 aliphatic carbocycles. The third-order valence-electron chi connectivity index (χ3n) is 12.4. The maximum absolute atomic E-state index is 14.4. The molecule has 0 saturated carbocycles. The molecule has 0 bridgehead atoms. The summed E-state index contributed by atoms with van der Waals surface area (Å²) in [4.78, 5) is 58.4. The standard InChI is InChI=1S/C58H52N2O14S/c61-47(49-51(69-36-40-23-11-3-12-24-40)48(68-35-39-21-9-2-10-22-39)45(70-49)37-67-34-38-19-7-1-8-20-38)50-52(71-55(62)41-25-13-4-14-26-41)53(72-56(63)42-27-15-5-16-28-42)54(73-57(64)43-29-17-6-18-30-43)58(74-50)75-46-32-31-44(33-59-46)60(65)66/h1-33,45,47-54,58,61H,34-37H2/t45-,47?,48-,49?,50-,51-,52-,53+,54-,58+/m1/s1. The lowest BCUT2D eigenvalue weighted by atomic mass is 9.90. The van der Waals surface area contributed by atoms with Crippen LogP contribution in [0.1, 0.15) is 47.8 Å². The monoisotopic (exact) mass is 1030 g/mol. The Kier molecular flexibility index (Phi) is 17.8. The van der Waals surface area contributed by atoms with E-state index in [1.807, 2.05) is 91.0 Å². The molecule has 75 heavy (non-hydrogen) atoms. The van der Waals surface area contributed by atoms with Gasteiger partial charge in [0.15, 0.2) is 23.7 Å². The maximum Gasteiger partial charge on any atom is 0.338 e. The molecule has 1 aromatic heterocycles. The van der Waals surface area contributed by atoms with Crippen molar-refractivity contribution in [2.45, 2.75) is 85.2 Å². The highest BCUT2D eigenvalue weighted by Gasteiger charge is 2.59. The topological polar surface area (TPSA) is 201 Å². The van der Waals surface area contributed by atoms with Crippen molar-refractivity contribution in [2.24, 2.45) is 0 Å². The zero-order chi connectivity index (χ0) is 51.9. The fraction of sp³-hybridized carbons (Fsp3) is 0.241. The summed E-state index contributed by atoms with van der Waals surface area (Å²) in [6.45, 7) is 0.394. The summed E-state index contributed by atoms with van der Waals surface area (Å²) in [7, 11) is 0. The number of aromatic nitrogens is 1. The number of aliphatic hydroxyl groups excluding tert-OH is 1. The first-order valence-electron chi connectivity index (χ1n) is 24.2. The number of thioether (sulfide) groups is 1. The number of hydrogen-bond acceptors (Lipinski definition) is 16. The van der Waals surface area contributed by atoms with Crippen LogP contribution >= 0.6 is 11.8 Å². The molecule has 2 aliphatic rings. The van der Waals surface area contributed by atoms with E-state index in [4.69, 9.17) is 37.9 Å². The summed E-state index contributed by atoms with van der Waals surface area (Å²) < 4.78 is 52.5. The summed E-state index contributed by atoms with van der Waals surface area (Å²) in [6.07, 6.45) is -11.7. The number of nitrogens with zero attached hydrogens (tertiary/aromatic N) is 2. The van der Waals surface area contributed by atoms with Crippen molar-refractivity contribution < 1.29 is 62.3 Å². The molecule has 0 amide bonds. The molecule has 1 N–H and O–H groups in total. The quantitative estimate of drug-likeness (QED) is 0.0309. The van der Waals surface area contributed by atoms with Gasteiger partial charge < -0.3 is 43.0 Å². The number of pyridine rings is 1. The maximum atomic E-state index is 14.4. The Hall–Kier alpha value is -7.61. The van der Waals surface area contributed by atoms with Crippen molar-refractivity contribution in [3.05, 3.63) is 244 Å². The smallest absolute Gasteiger partial charge is 0.338 e. The number of carbonyl (C=O) groups is 3. The van der Waals surface area contributed by atoms with Crippen LogP contribution < -0.4 is 0 Å². The average Bonchev–Trinajstić information content (AvgIpc) is 3.81. The molecule has 10 atom stereocenters. The molecule has 384 valence electrons. The zero-order valence-electron chi connectivity index (χ0n) is 40.2. The molecule has 6 aromatic carbocycles. The van der Waals surface area contributed by atoms with E-state index in [2.05, 4.69) is 4.98 Å². The minimum Gasteiger partial charge on any atom is -0.452 e. The van der Waals surface area contributed by atoms with E-state index in [1.54, 1.807) is 54.6 Å². The molecule has 2 aliphatic heterocycles. The van der Waals surface area contributed by atoms with Crippen LogP contribution in [0.3, 0.4) is 0 Å². The van der Waals surface area contributed by atoms with Crippen LogP contribution in [-0.2, 0) is 57.7 Å². The van der Waals surface area contributed by atoms with Gasteiger partial charge in [-0.15, -0.1) is 0 Å². The number of carbonyl (C=O) groups excluding carboxylic acids is 3. The van der Waals surface area contributed by atoms with Crippen LogP contribution in [0.25, 0.3) is 0 Å². The molecule has 3 heterocycles. The van der Waals surface area contributed by atoms with Crippen LogP contribution in [0, 0.1) is 10.1 Å². The molecule has 2 saturated heterocycles. The fourth-order valence-electron chi connectivity index (χ4n) is 8.71. The lowest BCUT2D eigenvalue weighted by molar-refractivity contribution is -0.385. The predicted octanol–water partition coefficient (Wildman–Crippen LogP) is 9.00. The predicted molar refractivity (Wildman–Crippen MR) is 273 cm³/mol. The normalized spacial score (nSPS) is 22.6. The van der Waals surface area contributed by atoms with Gasteiger partial charge in [-0.25, -0.2) is 19.4 Å². The van der Waals surface area contributed by atoms with Crippen molar-refractivity contribution in [1.29, 1.82) is 0 Å². The summed E-state index contributed by atoms with van der Waals surface area (Å²) in [5, 5.41) is 25.1. The second-order valence-corrected chi connectivity index (χ2v) is 18.7. The first-order chi connectivity index (χ1) is 36.7. The van der Waals surface area contributed by atoms with E-state index in [0.29, 0.717) is 0 Å². The lowest BCUT2D eigenvalue weighted by Crippen LogP contribution is -2.65. The second kappa shape index (κ2) is 25.6. The van der Waals surface area contributed by atoms with E-state index in [0.717, 1.165) is 34.6 Å². The Morgan fingerprint density at radius 3 is 1.43 bits per heavy atom. The minimum atomic E-state index is -1.81. The summed E-state index contributed by atoms with van der Waals surface area (Å²) in [5.74, 6) is -2.64. The van der Waals surface area contributed by atoms with Crippen LogP contribution in [0.4, 0.5) is 5.69 Å². The van der Waals surface area contributed by atoms with Gasteiger partial charge in [0, 0.05) is 6.07 Å². The SMILES string of the molecule is O=C(O[C@@H]1[C@@H](OC(=O)c2ccccc2)[C@H](Sc2ccc([N+](=O)[O-])cn2)O[C@H](C(O)C2O[C@H](COCc3ccccc3)[C@@H](OCc3ccccc3)[C@H]2OCc2ccccc2)[C@H]1OC(=O)c1ccccc1)c1ccccc1. The van der Waals surface area contributed by atoms with Gasteiger partial charge in [-0.3, -0.25) is 10.1 Å². The molecule has 0 radical (unpaired) electrons. The number of rotatable bonds is 21. The van der Waals surface area contributed by atoms with Crippen molar-refractivity contribution >= 4 is 35.4 Å². The Bertz CT molecular complexity index is 2930. The van der Waals surface area contributed by atoms with E-state index in [-0.39, 0.29) is 53.8 Å². The highest BCUT2D eigenvalue weighted by Crippen LogP contribution is 2.42. The molecule has 7 aromatic rings. The van der Waals surface area contributed by atoms with Crippen LogP contribution in [0.5, 0.6) is 0 Å². The molecular formula is C58H52N2O14S. The average molecular weight is 1030 g/mol. The Labute approximate surface area is 436 Å². The van der Waals surface area contributed by atoms with E-state index < -0.39 is 83.2 Å². The van der Waals surface area contributed by atoms with Gasteiger partial charge in [0.2, 0.25) is 0 Å². The number of nitro groups is 1. The van der Waals surface area contributed by atoms with Gasteiger partial charge in [0.05, 0.1) is 53.1 Å². The zero-order valence-corrected chi connectivity index (χ0v) is 41.0. The van der Waals surface area contributed by atoms with Crippen LogP contribution in [0.2, 0.25) is 0 Å². The van der Waals surface area contributed by atoms with Crippen molar-refractivity contribution in [3.8, 4) is 0 Å². The third-order valence-corrected chi connectivity index (χ3v) is 13.5. The lowest BCUT2D eigenvalue weighted by Gasteiger charge is -2.46. The Morgan fingerprint density at radius 1 is 0.533 bits per heavy atom. The number of hydrogen-bond donors (Lipinski definition) is 1. The summed E-state index contributed by atoms with van der Waals surface area (Å²) in [6, 6.07) is 55.2. The Balaban J connectivity index is 1.15. The number of ether oxygens (including phenoxy) is 8. The van der Waals surface area contributed by atoms with E-state index >= 15 is 0 Å². The molecule has 0 spiro atoms. The molecule has 2 unspecified atom stereocenters. The largest absolute Gasteiger partial charge is 0.452 e. The van der Waals surface area contributed by atoms with E-state index in [9.17, 15) is 29.6 Å². The first-order valence-corrected chi connectivity index (χ1v) is 25.0. The number of benzene rings is 6. The molecular weight excluding hydrogens is 981 g/mol. The first kappa shape index (κ1) is 52.3. The summed E-state index contributed by atoms with van der Waals surface area (Å²) >= 11 is 0.869. The molecule has 2 fully saturated rings. The highest BCUT2D eigenvalue weighted by molar-refractivity contribution is 7.99. The van der Waals surface area contributed by atoms with Crippen molar-refractivity contribution in [3.63, 3.8) is 0 Å².